The van der Waals surface area contributed by atoms with Crippen LogP contribution in [0.15, 0.2) is 36.4 Å². The molecule has 1 aromatic carbocycles. The third-order valence-electron chi connectivity index (χ3n) is 3.64. The van der Waals surface area contributed by atoms with E-state index in [-0.39, 0.29) is 17.6 Å². The zero-order valence-corrected chi connectivity index (χ0v) is 15.7. The first-order valence-electron chi connectivity index (χ1n) is 7.20. The van der Waals surface area contributed by atoms with Crippen LogP contribution in [-0.2, 0) is 10.5 Å². The highest BCUT2D eigenvalue weighted by Crippen LogP contribution is 2.26. The fourth-order valence-corrected chi connectivity index (χ4v) is 4.25. The van der Waals surface area contributed by atoms with Gasteiger partial charge >= 0.3 is 0 Å². The van der Waals surface area contributed by atoms with Crippen LogP contribution in [0.25, 0.3) is 0 Å². The van der Waals surface area contributed by atoms with Crippen molar-refractivity contribution < 1.29 is 9.72 Å². The fourth-order valence-electron chi connectivity index (χ4n) is 2.11. The van der Waals surface area contributed by atoms with Gasteiger partial charge in [0.25, 0.3) is 5.69 Å². The van der Waals surface area contributed by atoms with E-state index in [1.54, 1.807) is 24.1 Å². The number of nitro benzene ring substituents is 1. The summed E-state index contributed by atoms with van der Waals surface area (Å²) in [7, 11) is 1.72. The summed E-state index contributed by atoms with van der Waals surface area (Å²) in [5.41, 5.74) is 0.777. The number of rotatable bonds is 7. The molecule has 1 amide bonds. The van der Waals surface area contributed by atoms with Crippen molar-refractivity contribution in [2.45, 2.75) is 18.7 Å². The van der Waals surface area contributed by atoms with Gasteiger partial charge in [0.1, 0.15) is 0 Å². The first-order chi connectivity index (χ1) is 11.4. The number of nitro groups is 1. The average Bonchev–Trinajstić information content (AvgIpc) is 2.98. The molecule has 0 radical (unpaired) electrons. The first-order valence-corrected chi connectivity index (χ1v) is 9.55. The van der Waals surface area contributed by atoms with E-state index in [0.29, 0.717) is 5.75 Å². The number of thiophene rings is 1. The molecule has 0 aliphatic carbocycles. The minimum Gasteiger partial charge on any atom is -0.338 e. The zero-order chi connectivity index (χ0) is 17.7. The van der Waals surface area contributed by atoms with Gasteiger partial charge in [-0.15, -0.1) is 23.1 Å². The molecule has 0 saturated heterocycles. The number of carbonyl (C=O) groups is 1. The molecule has 1 heterocycles. The topological polar surface area (TPSA) is 63.5 Å². The SMILES string of the molecule is C[C@H](c1cccc([N+](=O)[O-])c1)N(C)C(=O)CSCc1ccc(Cl)s1. The molecule has 1 aromatic heterocycles. The Hall–Kier alpha value is -1.57. The van der Waals surface area contributed by atoms with Crippen molar-refractivity contribution in [3.05, 3.63) is 61.3 Å². The Kier molecular flexibility index (Phi) is 6.65. The first kappa shape index (κ1) is 18.8. The predicted octanol–water partition coefficient (Wildman–Crippen LogP) is 4.76. The van der Waals surface area contributed by atoms with Crippen molar-refractivity contribution in [1.29, 1.82) is 0 Å². The Morgan fingerprint density at radius 2 is 2.17 bits per heavy atom. The lowest BCUT2D eigenvalue weighted by molar-refractivity contribution is -0.384. The number of benzene rings is 1. The van der Waals surface area contributed by atoms with Gasteiger partial charge in [-0.2, -0.15) is 0 Å². The Labute approximate surface area is 153 Å². The number of carbonyl (C=O) groups excluding carboxylic acids is 1. The minimum absolute atomic E-state index is 0.0124. The van der Waals surface area contributed by atoms with Crippen molar-refractivity contribution in [1.82, 2.24) is 4.90 Å². The van der Waals surface area contributed by atoms with E-state index < -0.39 is 4.92 Å². The molecule has 1 atom stereocenters. The van der Waals surface area contributed by atoms with Gasteiger partial charge in [0, 0.05) is 29.8 Å². The monoisotopic (exact) mass is 384 g/mol. The maximum Gasteiger partial charge on any atom is 0.269 e. The molecule has 0 fully saturated rings. The van der Waals surface area contributed by atoms with Crippen LogP contribution in [0.4, 0.5) is 5.69 Å². The normalized spacial score (nSPS) is 12.0. The number of amides is 1. The highest BCUT2D eigenvalue weighted by molar-refractivity contribution is 7.99. The second-order valence-corrected chi connectivity index (χ2v) is 8.02. The molecule has 2 rings (SSSR count). The molecular formula is C16H17ClN2O3S2. The third kappa shape index (κ3) is 4.96. The van der Waals surface area contributed by atoms with Crippen LogP contribution in [0.1, 0.15) is 23.4 Å². The molecule has 0 bridgehead atoms. The molecule has 5 nitrogen and oxygen atoms in total. The van der Waals surface area contributed by atoms with Gasteiger partial charge in [0.2, 0.25) is 5.91 Å². The van der Waals surface area contributed by atoms with Crippen molar-refractivity contribution in [3.63, 3.8) is 0 Å². The van der Waals surface area contributed by atoms with Crippen LogP contribution in [0, 0.1) is 10.1 Å². The van der Waals surface area contributed by atoms with Gasteiger partial charge < -0.3 is 4.90 Å². The quantitative estimate of drug-likeness (QED) is 0.509. The lowest BCUT2D eigenvalue weighted by Gasteiger charge is -2.25. The van der Waals surface area contributed by atoms with E-state index in [2.05, 4.69) is 0 Å². The summed E-state index contributed by atoms with van der Waals surface area (Å²) in [5.74, 6) is 1.08. The van der Waals surface area contributed by atoms with Gasteiger partial charge in [-0.25, -0.2) is 0 Å². The van der Waals surface area contributed by atoms with Gasteiger partial charge in [-0.3, -0.25) is 14.9 Å². The zero-order valence-electron chi connectivity index (χ0n) is 13.3. The number of hydrogen-bond donors (Lipinski definition) is 0. The van der Waals surface area contributed by atoms with E-state index in [1.165, 1.54) is 35.2 Å². The van der Waals surface area contributed by atoms with Crippen molar-refractivity contribution in [2.24, 2.45) is 0 Å². The second-order valence-electron chi connectivity index (χ2n) is 5.23. The summed E-state index contributed by atoms with van der Waals surface area (Å²) in [6, 6.07) is 9.96. The number of nitrogens with zero attached hydrogens (tertiary/aromatic N) is 2. The molecule has 2 aromatic rings. The summed E-state index contributed by atoms with van der Waals surface area (Å²) in [5, 5.41) is 10.9. The Morgan fingerprint density at radius 3 is 2.79 bits per heavy atom. The summed E-state index contributed by atoms with van der Waals surface area (Å²) >= 11 is 8.92. The summed E-state index contributed by atoms with van der Waals surface area (Å²) in [6.45, 7) is 1.86. The van der Waals surface area contributed by atoms with E-state index in [0.717, 1.165) is 20.5 Å². The summed E-state index contributed by atoms with van der Waals surface area (Å²) in [4.78, 5) is 25.5. The van der Waals surface area contributed by atoms with Crippen molar-refractivity contribution in [3.8, 4) is 0 Å². The second kappa shape index (κ2) is 8.50. The van der Waals surface area contributed by atoms with E-state index in [1.807, 2.05) is 19.1 Å². The van der Waals surface area contributed by atoms with Crippen molar-refractivity contribution in [2.75, 3.05) is 12.8 Å². The van der Waals surface area contributed by atoms with Crippen LogP contribution >= 0.6 is 34.7 Å². The Morgan fingerprint density at radius 1 is 1.42 bits per heavy atom. The molecule has 24 heavy (non-hydrogen) atoms. The number of thioether (sulfide) groups is 1. The lowest BCUT2D eigenvalue weighted by Crippen LogP contribution is -2.31. The molecule has 0 aliphatic rings. The van der Waals surface area contributed by atoms with E-state index in [9.17, 15) is 14.9 Å². The summed E-state index contributed by atoms with van der Waals surface area (Å²) in [6.07, 6.45) is 0. The highest BCUT2D eigenvalue weighted by Gasteiger charge is 2.19. The number of halogens is 1. The largest absolute Gasteiger partial charge is 0.338 e. The van der Waals surface area contributed by atoms with Crippen molar-refractivity contribution >= 4 is 46.3 Å². The average molecular weight is 385 g/mol. The molecule has 8 heteroatoms. The van der Waals surface area contributed by atoms with Crippen LogP contribution in [0.5, 0.6) is 0 Å². The molecule has 0 N–H and O–H groups in total. The van der Waals surface area contributed by atoms with E-state index >= 15 is 0 Å². The van der Waals surface area contributed by atoms with Crippen LogP contribution in [0.2, 0.25) is 4.34 Å². The van der Waals surface area contributed by atoms with Gasteiger partial charge in [-0.1, -0.05) is 23.7 Å². The highest BCUT2D eigenvalue weighted by atomic mass is 35.5. The predicted molar refractivity (Wildman–Crippen MR) is 99.8 cm³/mol. The standard InChI is InChI=1S/C16H17ClN2O3S2/c1-11(12-4-3-5-13(8-12)19(21)22)18(2)16(20)10-23-9-14-6-7-15(17)24-14/h3-8,11H,9-10H2,1-2H3/t11-/m1/s1. The maximum atomic E-state index is 12.3. The third-order valence-corrected chi connectivity index (χ3v) is 6.02. The molecule has 0 unspecified atom stereocenters. The van der Waals surface area contributed by atoms with E-state index in [4.69, 9.17) is 11.6 Å². The molecule has 0 spiro atoms. The number of non-ortho nitro benzene ring substituents is 1. The molecule has 0 saturated carbocycles. The Bertz CT molecular complexity index is 736. The van der Waals surface area contributed by atoms with Crippen LogP contribution < -0.4 is 0 Å². The smallest absolute Gasteiger partial charge is 0.269 e. The maximum absolute atomic E-state index is 12.3. The fraction of sp³-hybridized carbons (Fsp3) is 0.312. The molecule has 0 aliphatic heterocycles. The van der Waals surface area contributed by atoms with Gasteiger partial charge in [0.15, 0.2) is 0 Å². The molecular weight excluding hydrogens is 368 g/mol. The minimum atomic E-state index is -0.431. The summed E-state index contributed by atoms with van der Waals surface area (Å²) < 4.78 is 0.744. The number of hydrogen-bond acceptors (Lipinski definition) is 5. The van der Waals surface area contributed by atoms with Gasteiger partial charge in [0.05, 0.1) is 21.1 Å². The molecule has 128 valence electrons. The van der Waals surface area contributed by atoms with Crippen LogP contribution in [-0.4, -0.2) is 28.5 Å². The van der Waals surface area contributed by atoms with Crippen LogP contribution in [0.3, 0.4) is 0 Å². The lowest BCUT2D eigenvalue weighted by atomic mass is 10.1. The van der Waals surface area contributed by atoms with Gasteiger partial charge in [-0.05, 0) is 24.6 Å². The Balaban J connectivity index is 1.91.